The van der Waals surface area contributed by atoms with E-state index in [-0.39, 0.29) is 0 Å². The molecule has 4 N–H and O–H groups in total. The minimum Gasteiger partial charge on any atom is -0.409 e. The van der Waals surface area contributed by atoms with Crippen molar-refractivity contribution in [3.63, 3.8) is 0 Å². The van der Waals surface area contributed by atoms with Crippen LogP contribution >= 0.6 is 0 Å². The molecule has 15 heavy (non-hydrogen) atoms. The van der Waals surface area contributed by atoms with Crippen molar-refractivity contribution in [2.45, 2.75) is 39.0 Å². The molecular formula is C11H21N3O. The summed E-state index contributed by atoms with van der Waals surface area (Å²) in [5.74, 6) is 0.368. The third kappa shape index (κ3) is 2.84. The molecular weight excluding hydrogens is 190 g/mol. The molecule has 86 valence electrons. The van der Waals surface area contributed by atoms with Crippen LogP contribution in [0.4, 0.5) is 0 Å². The lowest BCUT2D eigenvalue weighted by Crippen LogP contribution is -2.31. The molecule has 0 spiro atoms. The molecule has 4 nitrogen and oxygen atoms in total. The third-order valence-electron chi connectivity index (χ3n) is 3.80. The molecule has 0 aliphatic heterocycles. The molecule has 0 aromatic rings. The van der Waals surface area contributed by atoms with Gasteiger partial charge in [-0.05, 0) is 36.5 Å². The highest BCUT2D eigenvalue weighted by Crippen LogP contribution is 2.49. The van der Waals surface area contributed by atoms with Crippen LogP contribution in [-0.2, 0) is 0 Å². The Labute approximate surface area is 90.9 Å². The number of nitrogens with one attached hydrogen (secondary N) is 1. The van der Waals surface area contributed by atoms with Gasteiger partial charge in [-0.25, -0.2) is 0 Å². The van der Waals surface area contributed by atoms with E-state index in [1.807, 2.05) is 0 Å². The number of amidine groups is 1. The van der Waals surface area contributed by atoms with Crippen molar-refractivity contribution in [2.75, 3.05) is 13.1 Å². The third-order valence-corrected chi connectivity index (χ3v) is 3.80. The molecule has 4 heteroatoms. The van der Waals surface area contributed by atoms with E-state index in [0.717, 1.165) is 19.5 Å². The van der Waals surface area contributed by atoms with Gasteiger partial charge in [0.2, 0.25) is 0 Å². The van der Waals surface area contributed by atoms with Crippen molar-refractivity contribution in [3.8, 4) is 0 Å². The van der Waals surface area contributed by atoms with E-state index >= 15 is 0 Å². The maximum absolute atomic E-state index is 8.53. The first kappa shape index (κ1) is 10.7. The summed E-state index contributed by atoms with van der Waals surface area (Å²) in [5.41, 5.74) is 6.40. The van der Waals surface area contributed by atoms with Crippen molar-refractivity contribution in [2.24, 2.45) is 21.7 Å². The lowest BCUT2D eigenvalue weighted by molar-refractivity contribution is 0.313. The Bertz CT molecular complexity index is 267. The Kier molecular flexibility index (Phi) is 2.63. The Morgan fingerprint density at radius 3 is 2.47 bits per heavy atom. The van der Waals surface area contributed by atoms with Gasteiger partial charge in [0.15, 0.2) is 0 Å². The Hall–Kier alpha value is -0.770. The summed E-state index contributed by atoms with van der Waals surface area (Å²) < 4.78 is 0. The van der Waals surface area contributed by atoms with Crippen LogP contribution in [0.3, 0.4) is 0 Å². The van der Waals surface area contributed by atoms with Crippen LogP contribution in [0.25, 0.3) is 0 Å². The van der Waals surface area contributed by atoms with Gasteiger partial charge >= 0.3 is 0 Å². The Morgan fingerprint density at radius 2 is 2.00 bits per heavy atom. The number of hydrogen-bond donors (Lipinski definition) is 3. The molecule has 0 unspecified atom stereocenters. The van der Waals surface area contributed by atoms with Gasteiger partial charge in [-0.15, -0.1) is 0 Å². The van der Waals surface area contributed by atoms with Crippen molar-refractivity contribution < 1.29 is 5.21 Å². The van der Waals surface area contributed by atoms with Crippen LogP contribution in [0.15, 0.2) is 5.16 Å². The average molecular weight is 211 g/mol. The van der Waals surface area contributed by atoms with Crippen LogP contribution in [0, 0.1) is 10.8 Å². The molecule has 2 aliphatic carbocycles. The van der Waals surface area contributed by atoms with E-state index in [4.69, 9.17) is 10.9 Å². The molecule has 2 saturated carbocycles. The molecule has 0 amide bonds. The summed E-state index contributed by atoms with van der Waals surface area (Å²) in [6, 6.07) is 0. The average Bonchev–Trinajstić information content (AvgIpc) is 3.08. The van der Waals surface area contributed by atoms with Crippen molar-refractivity contribution in [1.82, 2.24) is 5.32 Å². The van der Waals surface area contributed by atoms with Crippen LogP contribution in [0.2, 0.25) is 0 Å². The van der Waals surface area contributed by atoms with Gasteiger partial charge in [0.25, 0.3) is 0 Å². The number of oxime groups is 1. The maximum atomic E-state index is 8.53. The van der Waals surface area contributed by atoms with E-state index in [2.05, 4.69) is 17.4 Å². The zero-order chi connectivity index (χ0) is 10.9. The zero-order valence-corrected chi connectivity index (χ0v) is 9.42. The lowest BCUT2D eigenvalue weighted by Gasteiger charge is -2.17. The number of nitrogens with two attached hydrogens (primary N) is 1. The fraction of sp³-hybridized carbons (Fsp3) is 0.909. The highest BCUT2D eigenvalue weighted by atomic mass is 16.4. The van der Waals surface area contributed by atoms with Gasteiger partial charge in [-0.1, -0.05) is 12.1 Å². The van der Waals surface area contributed by atoms with Gasteiger partial charge in [-0.2, -0.15) is 0 Å². The number of nitrogens with zero attached hydrogens (tertiary/aromatic N) is 1. The number of hydrogen-bond acceptors (Lipinski definition) is 3. The van der Waals surface area contributed by atoms with Crippen LogP contribution in [0.5, 0.6) is 0 Å². The predicted molar refractivity (Wildman–Crippen MR) is 59.9 cm³/mol. The second-order valence-electron chi connectivity index (χ2n) is 5.68. The van der Waals surface area contributed by atoms with Crippen molar-refractivity contribution in [1.29, 1.82) is 0 Å². The van der Waals surface area contributed by atoms with E-state index in [9.17, 15) is 0 Å². The topological polar surface area (TPSA) is 70.6 Å². The molecule has 0 aromatic heterocycles. The van der Waals surface area contributed by atoms with Crippen LogP contribution < -0.4 is 11.1 Å². The van der Waals surface area contributed by atoms with Crippen molar-refractivity contribution in [3.05, 3.63) is 0 Å². The molecule has 0 saturated heterocycles. The molecule has 2 aliphatic rings. The van der Waals surface area contributed by atoms with Crippen molar-refractivity contribution >= 4 is 5.84 Å². The molecule has 0 atom stereocenters. The van der Waals surface area contributed by atoms with Crippen LogP contribution in [-0.4, -0.2) is 24.1 Å². The minimum absolute atomic E-state index is 0.293. The van der Waals surface area contributed by atoms with Gasteiger partial charge in [-0.3, -0.25) is 0 Å². The molecule has 0 bridgehead atoms. The SMILES string of the molecule is CC1(CNCC2(CC(N)=NO)CC2)CC1. The fourth-order valence-corrected chi connectivity index (χ4v) is 2.03. The normalized spacial score (nSPS) is 26.3. The second-order valence-corrected chi connectivity index (χ2v) is 5.68. The summed E-state index contributed by atoms with van der Waals surface area (Å²) in [7, 11) is 0. The zero-order valence-electron chi connectivity index (χ0n) is 9.42. The summed E-state index contributed by atoms with van der Waals surface area (Å²) in [5, 5.41) is 15.1. The van der Waals surface area contributed by atoms with E-state index in [1.54, 1.807) is 0 Å². The number of rotatable bonds is 6. The first-order valence-corrected chi connectivity index (χ1v) is 5.75. The maximum Gasteiger partial charge on any atom is 0.139 e. The summed E-state index contributed by atoms with van der Waals surface area (Å²) in [4.78, 5) is 0. The van der Waals surface area contributed by atoms with Gasteiger partial charge < -0.3 is 16.3 Å². The first-order valence-electron chi connectivity index (χ1n) is 5.75. The van der Waals surface area contributed by atoms with E-state index < -0.39 is 0 Å². The van der Waals surface area contributed by atoms with Gasteiger partial charge in [0.1, 0.15) is 5.84 Å². The minimum atomic E-state index is 0.293. The summed E-state index contributed by atoms with van der Waals surface area (Å²) >= 11 is 0. The lowest BCUT2D eigenvalue weighted by atomic mass is 10.0. The second kappa shape index (κ2) is 3.67. The van der Waals surface area contributed by atoms with Crippen LogP contribution in [0.1, 0.15) is 39.0 Å². The largest absolute Gasteiger partial charge is 0.409 e. The monoisotopic (exact) mass is 211 g/mol. The molecule has 2 fully saturated rings. The molecule has 2 rings (SSSR count). The fourth-order valence-electron chi connectivity index (χ4n) is 2.03. The predicted octanol–water partition coefficient (Wildman–Crippen LogP) is 1.29. The highest BCUT2D eigenvalue weighted by molar-refractivity contribution is 5.80. The highest BCUT2D eigenvalue weighted by Gasteiger charge is 2.44. The smallest absolute Gasteiger partial charge is 0.139 e. The quantitative estimate of drug-likeness (QED) is 0.268. The first-order chi connectivity index (χ1) is 7.08. The Balaban J connectivity index is 1.69. The molecule has 0 radical (unpaired) electrons. The van der Waals surface area contributed by atoms with Gasteiger partial charge in [0, 0.05) is 19.5 Å². The Morgan fingerprint density at radius 1 is 1.33 bits per heavy atom. The molecule has 0 aromatic carbocycles. The standard InChI is InChI=1S/C11H21N3O/c1-10(2-3-10)7-13-8-11(4-5-11)6-9(12)14-15/h13,15H,2-8H2,1H3,(H2,12,14). The molecule has 0 heterocycles. The summed E-state index contributed by atoms with van der Waals surface area (Å²) in [6.45, 7) is 4.45. The van der Waals surface area contributed by atoms with E-state index in [1.165, 1.54) is 25.7 Å². The van der Waals surface area contributed by atoms with Gasteiger partial charge in [0.05, 0.1) is 0 Å². The van der Waals surface area contributed by atoms with E-state index in [0.29, 0.717) is 16.7 Å². The summed E-state index contributed by atoms with van der Waals surface area (Å²) in [6.07, 6.45) is 5.84.